The third kappa shape index (κ3) is 3.29. The van der Waals surface area contributed by atoms with Crippen molar-refractivity contribution in [1.29, 1.82) is 0 Å². The standard InChI is InChI=1S/C20H26N2O2.BrH/c1-3-13-12-22-9-7-14(13)10-19(22)20(23)16-6-8-21-18-5-4-15(24-2)11-17(16)18;/h4-6,8,11,13-14,19-20,23H,3,7,9-10,12H2,1-2H3;1H/t13-,14-,19-,20-;/m0./s1. The van der Waals surface area contributed by atoms with Gasteiger partial charge in [0, 0.05) is 24.2 Å². The number of nitrogens with zero attached hydrogens (tertiary/aromatic N) is 2. The number of aliphatic hydroxyl groups excluding tert-OH is 1. The molecule has 25 heavy (non-hydrogen) atoms. The zero-order valence-electron chi connectivity index (χ0n) is 14.9. The summed E-state index contributed by atoms with van der Waals surface area (Å²) < 4.78 is 5.36. The summed E-state index contributed by atoms with van der Waals surface area (Å²) in [6.07, 6.45) is 4.97. The van der Waals surface area contributed by atoms with E-state index in [1.807, 2.05) is 24.3 Å². The number of aliphatic hydroxyl groups is 1. The molecule has 136 valence electrons. The number of benzene rings is 1. The highest BCUT2D eigenvalue weighted by molar-refractivity contribution is 8.93. The summed E-state index contributed by atoms with van der Waals surface area (Å²) in [5, 5.41) is 12.2. The lowest BCUT2D eigenvalue weighted by Gasteiger charge is -2.51. The maximum absolute atomic E-state index is 11.2. The SMILES string of the molecule is Br.CC[C@H]1CN2CC[C@H]1C[C@H]2[C@@H](O)c1ccnc2ccc(OC)cc12. The molecule has 0 saturated carbocycles. The number of piperidine rings is 3. The van der Waals surface area contributed by atoms with E-state index in [4.69, 9.17) is 4.74 Å². The Morgan fingerprint density at radius 2 is 2.20 bits per heavy atom. The third-order valence-corrected chi connectivity index (χ3v) is 6.13. The number of halogens is 1. The molecule has 4 heterocycles. The average molecular weight is 407 g/mol. The van der Waals surface area contributed by atoms with E-state index in [1.54, 1.807) is 13.3 Å². The molecule has 2 bridgehead atoms. The lowest BCUT2D eigenvalue weighted by molar-refractivity contribution is -0.0562. The van der Waals surface area contributed by atoms with Gasteiger partial charge in [0.2, 0.25) is 0 Å². The second kappa shape index (κ2) is 7.60. The minimum absolute atomic E-state index is 0. The molecule has 5 atom stereocenters. The van der Waals surface area contributed by atoms with Crippen LogP contribution in [0.1, 0.15) is 37.9 Å². The molecule has 0 radical (unpaired) electrons. The molecule has 1 aromatic heterocycles. The molecule has 1 aromatic carbocycles. The lowest BCUT2D eigenvalue weighted by Crippen LogP contribution is -2.55. The maximum atomic E-state index is 11.2. The first kappa shape index (κ1) is 18.6. The van der Waals surface area contributed by atoms with Crippen LogP contribution in [0.5, 0.6) is 5.75 Å². The molecule has 0 aliphatic carbocycles. The summed E-state index contributed by atoms with van der Waals surface area (Å²) >= 11 is 0. The number of ether oxygens (including phenoxy) is 1. The van der Waals surface area contributed by atoms with Gasteiger partial charge in [-0.25, -0.2) is 0 Å². The molecule has 4 nitrogen and oxygen atoms in total. The van der Waals surface area contributed by atoms with Gasteiger partial charge in [0.05, 0.1) is 18.7 Å². The average Bonchev–Trinajstić information content (AvgIpc) is 2.66. The second-order valence-electron chi connectivity index (χ2n) is 7.24. The normalized spacial score (nSPS) is 29.2. The van der Waals surface area contributed by atoms with Gasteiger partial charge in [-0.15, -0.1) is 17.0 Å². The van der Waals surface area contributed by atoms with Gasteiger partial charge in [0.25, 0.3) is 0 Å². The van der Waals surface area contributed by atoms with Crippen molar-refractivity contribution >= 4 is 27.9 Å². The minimum Gasteiger partial charge on any atom is -0.497 e. The van der Waals surface area contributed by atoms with E-state index in [1.165, 1.54) is 12.8 Å². The Kier molecular flexibility index (Phi) is 5.66. The van der Waals surface area contributed by atoms with Gasteiger partial charge in [-0.05, 0) is 61.1 Å². The maximum Gasteiger partial charge on any atom is 0.119 e. The van der Waals surface area contributed by atoms with Gasteiger partial charge in [-0.1, -0.05) is 13.3 Å². The highest BCUT2D eigenvalue weighted by atomic mass is 79.9. The van der Waals surface area contributed by atoms with Crippen LogP contribution < -0.4 is 4.74 Å². The Hall–Kier alpha value is -1.17. The molecule has 3 fully saturated rings. The fourth-order valence-corrected chi connectivity index (χ4v) is 4.71. The van der Waals surface area contributed by atoms with Crippen LogP contribution in [0.2, 0.25) is 0 Å². The van der Waals surface area contributed by atoms with Crippen LogP contribution in [0, 0.1) is 11.8 Å². The number of fused-ring (bicyclic) bond motifs is 4. The van der Waals surface area contributed by atoms with Crippen molar-refractivity contribution in [2.45, 2.75) is 38.3 Å². The number of methoxy groups -OCH3 is 1. The number of pyridine rings is 1. The Morgan fingerprint density at radius 3 is 2.88 bits per heavy atom. The molecule has 0 spiro atoms. The molecule has 5 rings (SSSR count). The summed E-state index contributed by atoms with van der Waals surface area (Å²) in [4.78, 5) is 6.94. The number of hydrogen-bond acceptors (Lipinski definition) is 4. The molecule has 3 saturated heterocycles. The van der Waals surface area contributed by atoms with Crippen LogP contribution in [-0.2, 0) is 0 Å². The van der Waals surface area contributed by atoms with Crippen molar-refractivity contribution in [2.75, 3.05) is 20.2 Å². The Morgan fingerprint density at radius 1 is 1.36 bits per heavy atom. The zero-order valence-corrected chi connectivity index (χ0v) is 16.6. The number of aromatic nitrogens is 1. The van der Waals surface area contributed by atoms with Crippen LogP contribution in [0.4, 0.5) is 0 Å². The van der Waals surface area contributed by atoms with Gasteiger partial charge in [-0.2, -0.15) is 0 Å². The smallest absolute Gasteiger partial charge is 0.119 e. The topological polar surface area (TPSA) is 45.6 Å². The highest BCUT2D eigenvalue weighted by Gasteiger charge is 2.42. The predicted octanol–water partition coefficient (Wildman–Crippen LogP) is 3.98. The van der Waals surface area contributed by atoms with E-state index in [0.717, 1.165) is 53.6 Å². The van der Waals surface area contributed by atoms with Crippen molar-refractivity contribution in [3.05, 3.63) is 36.0 Å². The summed E-state index contributed by atoms with van der Waals surface area (Å²) in [6.45, 7) is 4.55. The van der Waals surface area contributed by atoms with Crippen LogP contribution in [0.3, 0.4) is 0 Å². The zero-order chi connectivity index (χ0) is 16.7. The summed E-state index contributed by atoms with van der Waals surface area (Å²) in [6, 6.07) is 8.07. The number of hydrogen-bond donors (Lipinski definition) is 1. The summed E-state index contributed by atoms with van der Waals surface area (Å²) in [5.74, 6) is 2.37. The predicted molar refractivity (Wildman–Crippen MR) is 105 cm³/mol. The highest BCUT2D eigenvalue weighted by Crippen LogP contribution is 2.42. The van der Waals surface area contributed by atoms with E-state index in [-0.39, 0.29) is 23.0 Å². The fourth-order valence-electron chi connectivity index (χ4n) is 4.71. The fraction of sp³-hybridized carbons (Fsp3) is 0.550. The quantitative estimate of drug-likeness (QED) is 0.833. The van der Waals surface area contributed by atoms with Crippen molar-refractivity contribution < 1.29 is 9.84 Å². The van der Waals surface area contributed by atoms with Gasteiger partial charge >= 0.3 is 0 Å². The van der Waals surface area contributed by atoms with Crippen LogP contribution >= 0.6 is 17.0 Å². The molecule has 3 aliphatic rings. The Bertz CT molecular complexity index is 739. The molecular formula is C20H27BrN2O2. The molecule has 2 aromatic rings. The van der Waals surface area contributed by atoms with Crippen LogP contribution in [0.15, 0.2) is 30.5 Å². The lowest BCUT2D eigenvalue weighted by atomic mass is 9.72. The van der Waals surface area contributed by atoms with Crippen molar-refractivity contribution in [3.63, 3.8) is 0 Å². The molecule has 1 N–H and O–H groups in total. The van der Waals surface area contributed by atoms with Crippen molar-refractivity contribution in [2.24, 2.45) is 11.8 Å². The first-order valence-corrected chi connectivity index (χ1v) is 9.06. The van der Waals surface area contributed by atoms with E-state index < -0.39 is 6.10 Å². The monoisotopic (exact) mass is 406 g/mol. The Labute approximate surface area is 160 Å². The molecule has 5 heteroatoms. The second-order valence-corrected chi connectivity index (χ2v) is 7.24. The molecular weight excluding hydrogens is 380 g/mol. The third-order valence-electron chi connectivity index (χ3n) is 6.13. The largest absolute Gasteiger partial charge is 0.497 e. The first-order chi connectivity index (χ1) is 11.7. The van der Waals surface area contributed by atoms with Crippen LogP contribution in [-0.4, -0.2) is 41.2 Å². The van der Waals surface area contributed by atoms with Gasteiger partial charge in [0.15, 0.2) is 0 Å². The van der Waals surface area contributed by atoms with Crippen molar-refractivity contribution in [3.8, 4) is 5.75 Å². The summed E-state index contributed by atoms with van der Waals surface area (Å²) in [5.41, 5.74) is 1.89. The van der Waals surface area contributed by atoms with E-state index in [2.05, 4.69) is 16.8 Å². The Balaban J connectivity index is 0.00000182. The van der Waals surface area contributed by atoms with E-state index >= 15 is 0 Å². The van der Waals surface area contributed by atoms with E-state index in [0.29, 0.717) is 0 Å². The molecule has 3 aliphatic heterocycles. The van der Waals surface area contributed by atoms with Crippen LogP contribution in [0.25, 0.3) is 10.9 Å². The molecule has 1 unspecified atom stereocenters. The summed E-state index contributed by atoms with van der Waals surface area (Å²) in [7, 11) is 1.67. The van der Waals surface area contributed by atoms with Crippen molar-refractivity contribution in [1.82, 2.24) is 9.88 Å². The first-order valence-electron chi connectivity index (χ1n) is 9.06. The molecule has 0 amide bonds. The minimum atomic E-state index is -0.469. The van der Waals surface area contributed by atoms with Gasteiger partial charge < -0.3 is 9.84 Å². The van der Waals surface area contributed by atoms with E-state index in [9.17, 15) is 5.11 Å². The number of rotatable bonds is 4. The van der Waals surface area contributed by atoms with Gasteiger partial charge in [-0.3, -0.25) is 9.88 Å². The van der Waals surface area contributed by atoms with Gasteiger partial charge in [0.1, 0.15) is 5.75 Å².